The van der Waals surface area contributed by atoms with Gasteiger partial charge in [0.15, 0.2) is 0 Å². The van der Waals surface area contributed by atoms with Gasteiger partial charge >= 0.3 is 0 Å². The second-order valence-corrected chi connectivity index (χ2v) is 4.49. The Balaban J connectivity index is 3.01. The highest BCUT2D eigenvalue weighted by Crippen LogP contribution is 2.03. The van der Waals surface area contributed by atoms with Crippen LogP contribution in [0.5, 0.6) is 0 Å². The molecular formula is C11H23NOS. The Hall–Kier alpha value is -0.180. The second-order valence-electron chi connectivity index (χ2n) is 3.51. The van der Waals surface area contributed by atoms with E-state index in [1.54, 1.807) is 0 Å². The van der Waals surface area contributed by atoms with Gasteiger partial charge < -0.3 is 5.32 Å². The van der Waals surface area contributed by atoms with E-state index in [0.717, 1.165) is 19.4 Å². The number of rotatable bonds is 9. The molecular weight excluding hydrogens is 194 g/mol. The highest BCUT2D eigenvalue weighted by Gasteiger charge is 1.97. The van der Waals surface area contributed by atoms with Crippen molar-refractivity contribution >= 4 is 17.7 Å². The largest absolute Gasteiger partial charge is 0.356 e. The molecule has 0 heterocycles. The van der Waals surface area contributed by atoms with Crippen LogP contribution < -0.4 is 5.32 Å². The predicted molar refractivity (Wildman–Crippen MR) is 64.8 cm³/mol. The SMILES string of the molecule is CCCC(=O)NCCCCCCSC. The molecule has 0 saturated carbocycles. The van der Waals surface area contributed by atoms with Crippen molar-refractivity contribution in [2.24, 2.45) is 0 Å². The van der Waals surface area contributed by atoms with Gasteiger partial charge in [-0.15, -0.1) is 0 Å². The second kappa shape index (κ2) is 10.9. The number of hydrogen-bond donors (Lipinski definition) is 1. The zero-order valence-electron chi connectivity index (χ0n) is 9.47. The first kappa shape index (κ1) is 13.8. The van der Waals surface area contributed by atoms with Gasteiger partial charge in [0.1, 0.15) is 0 Å². The molecule has 84 valence electrons. The molecule has 1 N–H and O–H groups in total. The van der Waals surface area contributed by atoms with Crippen LogP contribution in [0.1, 0.15) is 45.4 Å². The van der Waals surface area contributed by atoms with Gasteiger partial charge in [-0.3, -0.25) is 4.79 Å². The van der Waals surface area contributed by atoms with Crippen molar-refractivity contribution < 1.29 is 4.79 Å². The van der Waals surface area contributed by atoms with Crippen molar-refractivity contribution in [1.29, 1.82) is 0 Å². The lowest BCUT2D eigenvalue weighted by Gasteiger charge is -2.03. The fraction of sp³-hybridized carbons (Fsp3) is 0.909. The lowest BCUT2D eigenvalue weighted by atomic mass is 10.2. The molecule has 0 fully saturated rings. The molecule has 0 spiro atoms. The standard InChI is InChI=1S/C11H23NOS/c1-3-8-11(13)12-9-6-4-5-7-10-14-2/h3-10H2,1-2H3,(H,12,13). The third kappa shape index (κ3) is 9.90. The number of amides is 1. The van der Waals surface area contributed by atoms with Crippen molar-refractivity contribution in [3.05, 3.63) is 0 Å². The molecule has 0 aliphatic carbocycles. The monoisotopic (exact) mass is 217 g/mol. The maximum Gasteiger partial charge on any atom is 0.219 e. The summed E-state index contributed by atoms with van der Waals surface area (Å²) in [4.78, 5) is 11.1. The Morgan fingerprint density at radius 3 is 2.57 bits per heavy atom. The van der Waals surface area contributed by atoms with E-state index in [2.05, 4.69) is 11.6 Å². The fourth-order valence-corrected chi connectivity index (χ4v) is 1.76. The van der Waals surface area contributed by atoms with Crippen LogP contribution in [0, 0.1) is 0 Å². The normalized spacial score (nSPS) is 10.1. The van der Waals surface area contributed by atoms with E-state index in [9.17, 15) is 4.79 Å². The van der Waals surface area contributed by atoms with Crippen molar-refractivity contribution in [2.45, 2.75) is 45.4 Å². The Morgan fingerprint density at radius 1 is 1.21 bits per heavy atom. The van der Waals surface area contributed by atoms with Gasteiger partial charge in [0.2, 0.25) is 5.91 Å². The molecule has 3 heteroatoms. The lowest BCUT2D eigenvalue weighted by molar-refractivity contribution is -0.121. The molecule has 0 aromatic rings. The first-order valence-corrected chi connectivity index (χ1v) is 6.96. The smallest absolute Gasteiger partial charge is 0.219 e. The van der Waals surface area contributed by atoms with Crippen LogP contribution >= 0.6 is 11.8 Å². The Bertz CT molecular complexity index is 139. The molecule has 0 saturated heterocycles. The molecule has 0 aromatic carbocycles. The van der Waals surface area contributed by atoms with E-state index in [0.29, 0.717) is 6.42 Å². The number of hydrogen-bond acceptors (Lipinski definition) is 2. The minimum Gasteiger partial charge on any atom is -0.356 e. The van der Waals surface area contributed by atoms with Crippen molar-refractivity contribution in [3.63, 3.8) is 0 Å². The third-order valence-electron chi connectivity index (χ3n) is 2.07. The Kier molecular flexibility index (Phi) is 10.8. The van der Waals surface area contributed by atoms with Crippen LogP contribution in [0.2, 0.25) is 0 Å². The fourth-order valence-electron chi connectivity index (χ4n) is 1.27. The van der Waals surface area contributed by atoms with Crippen molar-refractivity contribution in [1.82, 2.24) is 5.32 Å². The van der Waals surface area contributed by atoms with E-state index in [1.807, 2.05) is 18.7 Å². The zero-order valence-corrected chi connectivity index (χ0v) is 10.3. The number of carbonyl (C=O) groups excluding carboxylic acids is 1. The molecule has 0 unspecified atom stereocenters. The minimum atomic E-state index is 0.205. The highest BCUT2D eigenvalue weighted by molar-refractivity contribution is 7.98. The summed E-state index contributed by atoms with van der Waals surface area (Å²) in [6.45, 7) is 2.89. The lowest BCUT2D eigenvalue weighted by Crippen LogP contribution is -2.23. The average molecular weight is 217 g/mol. The zero-order chi connectivity index (χ0) is 10.6. The summed E-state index contributed by atoms with van der Waals surface area (Å²) in [7, 11) is 0. The molecule has 0 atom stereocenters. The summed E-state index contributed by atoms with van der Waals surface area (Å²) in [6, 6.07) is 0. The third-order valence-corrected chi connectivity index (χ3v) is 2.77. The number of nitrogens with one attached hydrogen (secondary N) is 1. The number of unbranched alkanes of at least 4 members (excludes halogenated alkanes) is 3. The van der Waals surface area contributed by atoms with E-state index in [1.165, 1.54) is 25.0 Å². The average Bonchev–Trinajstić information content (AvgIpc) is 2.17. The molecule has 14 heavy (non-hydrogen) atoms. The van der Waals surface area contributed by atoms with Crippen LogP contribution in [-0.4, -0.2) is 24.5 Å². The van der Waals surface area contributed by atoms with E-state index >= 15 is 0 Å². The predicted octanol–water partition coefficient (Wildman–Crippen LogP) is 2.83. The molecule has 0 radical (unpaired) electrons. The summed E-state index contributed by atoms with van der Waals surface area (Å²) in [5.41, 5.74) is 0. The van der Waals surface area contributed by atoms with Gasteiger partial charge in [0, 0.05) is 13.0 Å². The number of carbonyl (C=O) groups is 1. The molecule has 0 rings (SSSR count). The Labute approximate surface area is 92.2 Å². The van der Waals surface area contributed by atoms with E-state index < -0.39 is 0 Å². The van der Waals surface area contributed by atoms with Crippen LogP contribution in [0.25, 0.3) is 0 Å². The molecule has 0 bridgehead atoms. The van der Waals surface area contributed by atoms with Crippen molar-refractivity contribution in [2.75, 3.05) is 18.6 Å². The summed E-state index contributed by atoms with van der Waals surface area (Å²) >= 11 is 1.91. The van der Waals surface area contributed by atoms with Gasteiger partial charge in [-0.2, -0.15) is 11.8 Å². The van der Waals surface area contributed by atoms with E-state index in [-0.39, 0.29) is 5.91 Å². The van der Waals surface area contributed by atoms with Gasteiger partial charge in [-0.25, -0.2) is 0 Å². The maximum absolute atomic E-state index is 11.1. The summed E-state index contributed by atoms with van der Waals surface area (Å²) in [5.74, 6) is 1.47. The summed E-state index contributed by atoms with van der Waals surface area (Å²) < 4.78 is 0. The molecule has 2 nitrogen and oxygen atoms in total. The van der Waals surface area contributed by atoms with E-state index in [4.69, 9.17) is 0 Å². The first-order chi connectivity index (χ1) is 6.81. The summed E-state index contributed by atoms with van der Waals surface area (Å²) in [6.07, 6.45) is 8.74. The van der Waals surface area contributed by atoms with Crippen LogP contribution in [0.4, 0.5) is 0 Å². The molecule has 0 aromatic heterocycles. The number of thioether (sulfide) groups is 1. The van der Waals surface area contributed by atoms with Gasteiger partial charge in [-0.1, -0.05) is 19.8 Å². The van der Waals surface area contributed by atoms with Gasteiger partial charge in [-0.05, 0) is 31.3 Å². The van der Waals surface area contributed by atoms with Crippen LogP contribution in [-0.2, 0) is 4.79 Å². The van der Waals surface area contributed by atoms with Gasteiger partial charge in [0.05, 0.1) is 0 Å². The first-order valence-electron chi connectivity index (χ1n) is 5.57. The molecule has 0 aliphatic rings. The van der Waals surface area contributed by atoms with Crippen LogP contribution in [0.15, 0.2) is 0 Å². The maximum atomic E-state index is 11.1. The van der Waals surface area contributed by atoms with Crippen molar-refractivity contribution in [3.8, 4) is 0 Å². The molecule has 0 aliphatic heterocycles. The topological polar surface area (TPSA) is 29.1 Å². The highest BCUT2D eigenvalue weighted by atomic mass is 32.2. The Morgan fingerprint density at radius 2 is 1.93 bits per heavy atom. The molecule has 1 amide bonds. The minimum absolute atomic E-state index is 0.205. The quantitative estimate of drug-likeness (QED) is 0.602. The van der Waals surface area contributed by atoms with Gasteiger partial charge in [0.25, 0.3) is 0 Å². The van der Waals surface area contributed by atoms with Crippen LogP contribution in [0.3, 0.4) is 0 Å². The summed E-state index contributed by atoms with van der Waals surface area (Å²) in [5, 5.41) is 2.93.